The number of carbonyl (C=O) groups excluding carboxylic acids is 2. The summed E-state index contributed by atoms with van der Waals surface area (Å²) < 4.78 is 0. The van der Waals surface area contributed by atoms with Crippen LogP contribution in [0.25, 0.3) is 0 Å². The molecular formula is C15H14O2. The molecule has 0 heterocycles. The number of carbonyl (C=O) groups is 2. The molecule has 0 radical (unpaired) electrons. The van der Waals surface area contributed by atoms with Crippen molar-refractivity contribution in [2.45, 2.75) is 19.8 Å². The topological polar surface area (TPSA) is 34.1 Å². The lowest BCUT2D eigenvalue weighted by Crippen LogP contribution is -2.39. The van der Waals surface area contributed by atoms with Crippen molar-refractivity contribution in [2.24, 2.45) is 11.8 Å². The zero-order valence-electron chi connectivity index (χ0n) is 9.77. The highest BCUT2D eigenvalue weighted by Gasteiger charge is 2.40. The van der Waals surface area contributed by atoms with Crippen molar-refractivity contribution in [1.82, 2.24) is 0 Å². The maximum Gasteiger partial charge on any atom is 0.162 e. The van der Waals surface area contributed by atoms with Gasteiger partial charge in [-0.15, -0.1) is 0 Å². The molecule has 0 amide bonds. The first-order valence-corrected chi connectivity index (χ1v) is 6.00. The van der Waals surface area contributed by atoms with E-state index in [0.29, 0.717) is 5.57 Å². The Kier molecular flexibility index (Phi) is 2.25. The van der Waals surface area contributed by atoms with Gasteiger partial charge in [0.25, 0.3) is 0 Å². The highest BCUT2D eigenvalue weighted by Crippen LogP contribution is 2.35. The van der Waals surface area contributed by atoms with Gasteiger partial charge in [0.05, 0.1) is 0 Å². The minimum atomic E-state index is -0.124. The minimum absolute atomic E-state index is 0.123. The van der Waals surface area contributed by atoms with Crippen LogP contribution in [0.4, 0.5) is 0 Å². The van der Waals surface area contributed by atoms with Gasteiger partial charge in [0.2, 0.25) is 0 Å². The number of rotatable bonds is 0. The molecule has 0 aliphatic heterocycles. The summed E-state index contributed by atoms with van der Waals surface area (Å²) in [7, 11) is 0. The molecule has 3 rings (SSSR count). The largest absolute Gasteiger partial charge is 0.294 e. The van der Waals surface area contributed by atoms with Gasteiger partial charge in [-0.05, 0) is 42.5 Å². The first kappa shape index (κ1) is 10.5. The molecule has 0 saturated carbocycles. The first-order chi connectivity index (χ1) is 8.16. The van der Waals surface area contributed by atoms with Crippen molar-refractivity contribution in [3.63, 3.8) is 0 Å². The van der Waals surface area contributed by atoms with Crippen LogP contribution in [0.5, 0.6) is 0 Å². The Morgan fingerprint density at radius 2 is 1.59 bits per heavy atom. The van der Waals surface area contributed by atoms with Gasteiger partial charge in [-0.25, -0.2) is 0 Å². The summed E-state index contributed by atoms with van der Waals surface area (Å²) in [4.78, 5) is 24.1. The van der Waals surface area contributed by atoms with Crippen molar-refractivity contribution >= 4 is 11.6 Å². The Morgan fingerprint density at radius 1 is 1.00 bits per heavy atom. The van der Waals surface area contributed by atoms with E-state index < -0.39 is 0 Å². The van der Waals surface area contributed by atoms with Crippen molar-refractivity contribution in [1.29, 1.82) is 0 Å². The molecule has 0 saturated heterocycles. The molecule has 2 nitrogen and oxygen atoms in total. The third kappa shape index (κ3) is 1.55. The zero-order chi connectivity index (χ0) is 12.0. The van der Waals surface area contributed by atoms with Gasteiger partial charge in [-0.2, -0.15) is 0 Å². The van der Waals surface area contributed by atoms with E-state index in [4.69, 9.17) is 0 Å². The lowest BCUT2D eigenvalue weighted by molar-refractivity contribution is -0.130. The standard InChI is InChI=1S/C15H14O2/c1-9-6-14(16)12-7-10-4-2-3-5-11(10)8-13(12)15(9)17/h2-6,12-13H,7-8H2,1H3. The predicted octanol–water partition coefficient (Wildman–Crippen LogP) is 2.12. The molecule has 17 heavy (non-hydrogen) atoms. The number of allylic oxidation sites excluding steroid dienone is 2. The SMILES string of the molecule is CC1=CC(=O)C2Cc3ccccc3CC2C1=O. The molecule has 86 valence electrons. The molecule has 2 aliphatic carbocycles. The van der Waals surface area contributed by atoms with Crippen LogP contribution in [-0.2, 0) is 22.4 Å². The maximum atomic E-state index is 12.1. The molecule has 0 N–H and O–H groups in total. The lowest BCUT2D eigenvalue weighted by atomic mass is 9.68. The van der Waals surface area contributed by atoms with Crippen LogP contribution in [0.2, 0.25) is 0 Å². The Bertz CT molecular complexity index is 540. The van der Waals surface area contributed by atoms with Gasteiger partial charge in [0.15, 0.2) is 11.6 Å². The van der Waals surface area contributed by atoms with Gasteiger partial charge in [-0.3, -0.25) is 9.59 Å². The molecular weight excluding hydrogens is 212 g/mol. The Morgan fingerprint density at radius 3 is 2.24 bits per heavy atom. The number of hydrogen-bond donors (Lipinski definition) is 0. The molecule has 1 aromatic rings. The fourth-order valence-electron chi connectivity index (χ4n) is 2.97. The number of fused-ring (bicyclic) bond motifs is 2. The zero-order valence-corrected chi connectivity index (χ0v) is 9.77. The fourth-order valence-corrected chi connectivity index (χ4v) is 2.97. The van der Waals surface area contributed by atoms with E-state index in [2.05, 4.69) is 12.1 Å². The van der Waals surface area contributed by atoms with E-state index in [-0.39, 0.29) is 23.4 Å². The van der Waals surface area contributed by atoms with E-state index >= 15 is 0 Å². The summed E-state index contributed by atoms with van der Waals surface area (Å²) in [5, 5.41) is 0. The number of ketones is 2. The van der Waals surface area contributed by atoms with Gasteiger partial charge in [0, 0.05) is 11.8 Å². The van der Waals surface area contributed by atoms with Crippen molar-refractivity contribution < 1.29 is 9.59 Å². The van der Waals surface area contributed by atoms with Gasteiger partial charge < -0.3 is 0 Å². The van der Waals surface area contributed by atoms with Gasteiger partial charge in [0.1, 0.15) is 0 Å². The van der Waals surface area contributed by atoms with Crippen LogP contribution in [0, 0.1) is 11.8 Å². The Hall–Kier alpha value is -1.70. The highest BCUT2D eigenvalue weighted by molar-refractivity contribution is 6.10. The normalized spacial score (nSPS) is 27.2. The van der Waals surface area contributed by atoms with Crippen molar-refractivity contribution in [3.05, 3.63) is 47.0 Å². The summed E-state index contributed by atoms with van der Waals surface area (Å²) in [5.74, 6) is 0.0363. The van der Waals surface area contributed by atoms with E-state index in [0.717, 1.165) is 12.8 Å². The van der Waals surface area contributed by atoms with Crippen LogP contribution in [-0.4, -0.2) is 11.6 Å². The second kappa shape index (κ2) is 3.66. The van der Waals surface area contributed by atoms with Crippen LogP contribution in [0.1, 0.15) is 18.1 Å². The number of Topliss-reactive ketones (excluding diaryl/α,β-unsaturated/α-hetero) is 1. The average Bonchev–Trinajstić information content (AvgIpc) is 2.34. The Labute approximate surface area is 100 Å². The second-order valence-corrected chi connectivity index (χ2v) is 4.98. The van der Waals surface area contributed by atoms with Gasteiger partial charge >= 0.3 is 0 Å². The molecule has 0 spiro atoms. The fraction of sp³-hybridized carbons (Fsp3) is 0.333. The monoisotopic (exact) mass is 226 g/mol. The molecule has 2 atom stereocenters. The number of hydrogen-bond acceptors (Lipinski definition) is 2. The minimum Gasteiger partial charge on any atom is -0.294 e. The van der Waals surface area contributed by atoms with Crippen LogP contribution in [0.15, 0.2) is 35.9 Å². The molecule has 0 fully saturated rings. The first-order valence-electron chi connectivity index (χ1n) is 6.00. The van der Waals surface area contributed by atoms with Crippen LogP contribution < -0.4 is 0 Å². The summed E-state index contributed by atoms with van der Waals surface area (Å²) in [6.07, 6.45) is 2.96. The number of benzene rings is 1. The summed E-state index contributed by atoms with van der Waals surface area (Å²) >= 11 is 0. The van der Waals surface area contributed by atoms with E-state index in [9.17, 15) is 9.59 Å². The third-order valence-electron chi connectivity index (χ3n) is 3.93. The van der Waals surface area contributed by atoms with Crippen LogP contribution >= 0.6 is 0 Å². The van der Waals surface area contributed by atoms with Gasteiger partial charge in [-0.1, -0.05) is 24.3 Å². The van der Waals surface area contributed by atoms with E-state index in [1.807, 2.05) is 12.1 Å². The molecule has 0 aromatic heterocycles. The summed E-state index contributed by atoms with van der Waals surface area (Å²) in [5.41, 5.74) is 3.07. The van der Waals surface area contributed by atoms with Crippen LogP contribution in [0.3, 0.4) is 0 Å². The summed E-state index contributed by atoms with van der Waals surface area (Å²) in [6.45, 7) is 1.75. The third-order valence-corrected chi connectivity index (χ3v) is 3.93. The van der Waals surface area contributed by atoms with E-state index in [1.165, 1.54) is 17.2 Å². The Balaban J connectivity index is 2.05. The van der Waals surface area contributed by atoms with E-state index in [1.54, 1.807) is 6.92 Å². The molecule has 1 aromatic carbocycles. The molecule has 0 bridgehead atoms. The highest BCUT2D eigenvalue weighted by atomic mass is 16.1. The average molecular weight is 226 g/mol. The quantitative estimate of drug-likeness (QED) is 0.679. The second-order valence-electron chi connectivity index (χ2n) is 4.98. The smallest absolute Gasteiger partial charge is 0.162 e. The molecule has 2 aliphatic rings. The van der Waals surface area contributed by atoms with Crippen molar-refractivity contribution in [3.8, 4) is 0 Å². The molecule has 2 heteroatoms. The molecule has 2 unspecified atom stereocenters. The lowest BCUT2D eigenvalue weighted by Gasteiger charge is -2.33. The predicted molar refractivity (Wildman–Crippen MR) is 64.6 cm³/mol. The summed E-state index contributed by atoms with van der Waals surface area (Å²) in [6, 6.07) is 8.12. The van der Waals surface area contributed by atoms with Crippen molar-refractivity contribution in [2.75, 3.05) is 0 Å². The maximum absolute atomic E-state index is 12.1.